The molecule has 1 aliphatic heterocycles. The lowest BCUT2D eigenvalue weighted by atomic mass is 9.71. The van der Waals surface area contributed by atoms with Gasteiger partial charge in [-0.1, -0.05) is 19.9 Å². The third kappa shape index (κ3) is 2.82. The zero-order valence-corrected chi connectivity index (χ0v) is 12.9. The first kappa shape index (κ1) is 14.2. The number of nitrogens with zero attached hydrogens (tertiary/aromatic N) is 1. The van der Waals surface area contributed by atoms with Crippen LogP contribution in [-0.2, 0) is 0 Å². The second-order valence-electron chi connectivity index (χ2n) is 7.12. The van der Waals surface area contributed by atoms with Gasteiger partial charge in [-0.05, 0) is 61.3 Å². The van der Waals surface area contributed by atoms with Crippen molar-refractivity contribution in [3.05, 3.63) is 41.6 Å². The number of allylic oxidation sites excluding steroid dienone is 2. The van der Waals surface area contributed by atoms with Crippen molar-refractivity contribution in [3.8, 4) is 0 Å². The molecular formula is C18H24N2O. The minimum Gasteiger partial charge on any atom is -0.399 e. The van der Waals surface area contributed by atoms with E-state index in [1.54, 1.807) is 12.1 Å². The van der Waals surface area contributed by atoms with Gasteiger partial charge < -0.3 is 10.6 Å². The van der Waals surface area contributed by atoms with Crippen molar-refractivity contribution in [2.75, 3.05) is 12.3 Å². The van der Waals surface area contributed by atoms with E-state index >= 15 is 0 Å². The maximum atomic E-state index is 12.8. The Balaban J connectivity index is 1.86. The second-order valence-corrected chi connectivity index (χ2v) is 7.12. The van der Waals surface area contributed by atoms with Crippen LogP contribution in [0.1, 0.15) is 49.9 Å². The molecule has 1 aromatic rings. The van der Waals surface area contributed by atoms with Crippen LogP contribution in [-0.4, -0.2) is 17.4 Å². The fourth-order valence-corrected chi connectivity index (χ4v) is 3.61. The standard InChI is InChI=1S/C18H24N2O/c1-18(2)10-9-16-14(12-18)4-3-11-20(16)17(21)13-5-7-15(19)8-6-13/h5-9,14H,3-4,10-12,19H2,1-2H3/t14-/m0/s1. The lowest BCUT2D eigenvalue weighted by Crippen LogP contribution is -2.41. The Bertz CT molecular complexity index is 571. The molecule has 1 heterocycles. The van der Waals surface area contributed by atoms with Gasteiger partial charge in [-0.3, -0.25) is 4.79 Å². The normalized spacial score (nSPS) is 24.2. The van der Waals surface area contributed by atoms with E-state index in [2.05, 4.69) is 19.9 Å². The number of hydrogen-bond donors (Lipinski definition) is 1. The molecule has 0 radical (unpaired) electrons. The number of nitrogen functional groups attached to an aromatic ring is 1. The van der Waals surface area contributed by atoms with E-state index in [0.29, 0.717) is 17.0 Å². The first-order chi connectivity index (χ1) is 9.96. The Morgan fingerprint density at radius 2 is 2.00 bits per heavy atom. The van der Waals surface area contributed by atoms with E-state index < -0.39 is 0 Å². The van der Waals surface area contributed by atoms with Crippen molar-refractivity contribution in [1.29, 1.82) is 0 Å². The summed E-state index contributed by atoms with van der Waals surface area (Å²) in [5.41, 5.74) is 8.75. The van der Waals surface area contributed by atoms with Gasteiger partial charge in [0.1, 0.15) is 0 Å². The molecule has 0 bridgehead atoms. The van der Waals surface area contributed by atoms with Crippen molar-refractivity contribution in [1.82, 2.24) is 4.90 Å². The number of rotatable bonds is 1. The lowest BCUT2D eigenvalue weighted by Gasteiger charge is -2.43. The van der Waals surface area contributed by atoms with Crippen LogP contribution in [0.5, 0.6) is 0 Å². The van der Waals surface area contributed by atoms with Gasteiger partial charge in [0.2, 0.25) is 0 Å². The molecule has 3 nitrogen and oxygen atoms in total. The molecule has 1 aromatic carbocycles. The number of hydrogen-bond acceptors (Lipinski definition) is 2. The molecule has 0 spiro atoms. The van der Waals surface area contributed by atoms with Gasteiger partial charge in [-0.25, -0.2) is 0 Å². The number of piperidine rings is 1. The van der Waals surface area contributed by atoms with E-state index in [-0.39, 0.29) is 5.91 Å². The van der Waals surface area contributed by atoms with E-state index in [9.17, 15) is 4.79 Å². The van der Waals surface area contributed by atoms with Gasteiger partial charge in [0.05, 0.1) is 0 Å². The van der Waals surface area contributed by atoms with Crippen LogP contribution in [0.15, 0.2) is 36.0 Å². The van der Waals surface area contributed by atoms with Crippen LogP contribution in [0.25, 0.3) is 0 Å². The van der Waals surface area contributed by atoms with Gasteiger partial charge in [0, 0.05) is 23.5 Å². The number of carbonyl (C=O) groups excluding carboxylic acids is 1. The van der Waals surface area contributed by atoms with Crippen molar-refractivity contribution in [2.45, 2.75) is 39.5 Å². The fraction of sp³-hybridized carbons (Fsp3) is 0.500. The molecule has 2 N–H and O–H groups in total. The maximum absolute atomic E-state index is 12.8. The quantitative estimate of drug-likeness (QED) is 0.797. The number of likely N-dealkylation sites (tertiary alicyclic amines) is 1. The van der Waals surface area contributed by atoms with Crippen molar-refractivity contribution < 1.29 is 4.79 Å². The van der Waals surface area contributed by atoms with Gasteiger partial charge in [0.25, 0.3) is 5.91 Å². The molecule has 1 aliphatic carbocycles. The summed E-state index contributed by atoms with van der Waals surface area (Å²) in [5.74, 6) is 0.658. The highest BCUT2D eigenvalue weighted by atomic mass is 16.2. The predicted molar refractivity (Wildman–Crippen MR) is 85.7 cm³/mol. The number of amides is 1. The van der Waals surface area contributed by atoms with Crippen LogP contribution < -0.4 is 5.73 Å². The average Bonchev–Trinajstić information content (AvgIpc) is 2.45. The van der Waals surface area contributed by atoms with E-state index in [1.165, 1.54) is 18.5 Å². The summed E-state index contributed by atoms with van der Waals surface area (Å²) in [4.78, 5) is 14.8. The third-order valence-corrected chi connectivity index (χ3v) is 4.73. The molecule has 3 heteroatoms. The van der Waals surface area contributed by atoms with Gasteiger partial charge in [-0.2, -0.15) is 0 Å². The summed E-state index contributed by atoms with van der Waals surface area (Å²) in [7, 11) is 0. The van der Waals surface area contributed by atoms with Gasteiger partial charge in [-0.15, -0.1) is 0 Å². The van der Waals surface area contributed by atoms with Crippen LogP contribution in [0.3, 0.4) is 0 Å². The summed E-state index contributed by atoms with van der Waals surface area (Å²) in [6.45, 7) is 5.48. The molecular weight excluding hydrogens is 260 g/mol. The molecule has 0 aromatic heterocycles. The lowest BCUT2D eigenvalue weighted by molar-refractivity contribution is 0.0723. The Labute approximate surface area is 126 Å². The highest BCUT2D eigenvalue weighted by Gasteiger charge is 2.36. The Kier molecular flexibility index (Phi) is 3.52. The van der Waals surface area contributed by atoms with Crippen molar-refractivity contribution in [2.24, 2.45) is 11.3 Å². The highest BCUT2D eigenvalue weighted by molar-refractivity contribution is 5.95. The van der Waals surface area contributed by atoms with Crippen molar-refractivity contribution in [3.63, 3.8) is 0 Å². The second kappa shape index (κ2) is 5.21. The molecule has 3 rings (SSSR count). The molecule has 112 valence electrons. The zero-order valence-electron chi connectivity index (χ0n) is 12.9. The molecule has 0 saturated carbocycles. The topological polar surface area (TPSA) is 46.3 Å². The minimum absolute atomic E-state index is 0.116. The first-order valence-corrected chi connectivity index (χ1v) is 7.84. The fourth-order valence-electron chi connectivity index (χ4n) is 3.61. The largest absolute Gasteiger partial charge is 0.399 e. The number of anilines is 1. The Morgan fingerprint density at radius 1 is 1.29 bits per heavy atom. The minimum atomic E-state index is 0.116. The van der Waals surface area contributed by atoms with Crippen LogP contribution in [0, 0.1) is 11.3 Å². The molecule has 21 heavy (non-hydrogen) atoms. The summed E-state index contributed by atoms with van der Waals surface area (Å²) in [6, 6.07) is 7.25. The first-order valence-electron chi connectivity index (χ1n) is 7.84. The summed E-state index contributed by atoms with van der Waals surface area (Å²) in [6.07, 6.45) is 6.84. The number of benzene rings is 1. The highest BCUT2D eigenvalue weighted by Crippen LogP contribution is 2.43. The predicted octanol–water partition coefficient (Wildman–Crippen LogP) is 3.82. The van der Waals surface area contributed by atoms with Gasteiger partial charge >= 0.3 is 0 Å². The summed E-state index contributed by atoms with van der Waals surface area (Å²) in [5, 5.41) is 0. The zero-order chi connectivity index (χ0) is 15.0. The smallest absolute Gasteiger partial charge is 0.258 e. The van der Waals surface area contributed by atoms with E-state index in [1.807, 2.05) is 17.0 Å². The number of carbonyl (C=O) groups is 1. The average molecular weight is 284 g/mol. The summed E-state index contributed by atoms with van der Waals surface area (Å²) >= 11 is 0. The molecule has 1 atom stereocenters. The Hall–Kier alpha value is -1.77. The van der Waals surface area contributed by atoms with Crippen LogP contribution in [0.4, 0.5) is 5.69 Å². The SMILES string of the molecule is CC1(C)CC=C2[C@@H](CCCN2C(=O)c2ccc(N)cc2)C1. The van der Waals surface area contributed by atoms with Crippen LogP contribution >= 0.6 is 0 Å². The third-order valence-electron chi connectivity index (χ3n) is 4.73. The molecule has 1 saturated heterocycles. The number of nitrogens with two attached hydrogens (primary N) is 1. The van der Waals surface area contributed by atoms with E-state index in [0.717, 1.165) is 24.9 Å². The maximum Gasteiger partial charge on any atom is 0.258 e. The summed E-state index contributed by atoms with van der Waals surface area (Å²) < 4.78 is 0. The van der Waals surface area contributed by atoms with Gasteiger partial charge in [0.15, 0.2) is 0 Å². The molecule has 1 amide bonds. The number of fused-ring (bicyclic) bond motifs is 1. The molecule has 0 unspecified atom stereocenters. The van der Waals surface area contributed by atoms with E-state index in [4.69, 9.17) is 5.73 Å². The van der Waals surface area contributed by atoms with Crippen LogP contribution in [0.2, 0.25) is 0 Å². The molecule has 1 fully saturated rings. The monoisotopic (exact) mass is 284 g/mol. The molecule has 2 aliphatic rings. The van der Waals surface area contributed by atoms with Crippen molar-refractivity contribution >= 4 is 11.6 Å². The Morgan fingerprint density at radius 3 is 2.71 bits per heavy atom.